The molecule has 1 heterocycles. The first kappa shape index (κ1) is 13.8. The lowest BCUT2D eigenvalue weighted by Gasteiger charge is -2.20. The molecule has 0 aliphatic heterocycles. The zero-order valence-electron chi connectivity index (χ0n) is 10.7. The lowest BCUT2D eigenvalue weighted by Crippen LogP contribution is -2.17. The standard InChI is InChI=1S/C12H22N2S2/c1-12(2,3)10-9-13-11(15)14(10)7-5-6-8-16-4/h9H,5-8H2,1-4H3,(H,13,15). The number of unbranched alkanes of at least 4 members (excludes halogenated alkanes) is 1. The zero-order chi connectivity index (χ0) is 12.2. The van der Waals surface area contributed by atoms with Gasteiger partial charge < -0.3 is 9.55 Å². The number of nitrogens with one attached hydrogen (secondary N) is 1. The lowest BCUT2D eigenvalue weighted by molar-refractivity contribution is 0.503. The van der Waals surface area contributed by atoms with Crippen molar-refractivity contribution < 1.29 is 0 Å². The summed E-state index contributed by atoms with van der Waals surface area (Å²) in [7, 11) is 0. The van der Waals surface area contributed by atoms with Gasteiger partial charge in [0, 0.05) is 23.9 Å². The second kappa shape index (κ2) is 5.92. The molecule has 1 rings (SSSR count). The van der Waals surface area contributed by atoms with Crippen LogP contribution in [0.5, 0.6) is 0 Å². The highest BCUT2D eigenvalue weighted by Crippen LogP contribution is 2.22. The maximum atomic E-state index is 5.32. The van der Waals surface area contributed by atoms with Gasteiger partial charge in [-0.15, -0.1) is 0 Å². The van der Waals surface area contributed by atoms with E-state index >= 15 is 0 Å². The fourth-order valence-electron chi connectivity index (χ4n) is 1.76. The predicted octanol–water partition coefficient (Wildman–Crippen LogP) is 3.99. The maximum absolute atomic E-state index is 5.32. The Morgan fingerprint density at radius 1 is 1.38 bits per heavy atom. The largest absolute Gasteiger partial charge is 0.337 e. The molecular weight excluding hydrogens is 236 g/mol. The average molecular weight is 258 g/mol. The van der Waals surface area contributed by atoms with Gasteiger partial charge in [-0.2, -0.15) is 11.8 Å². The third-order valence-corrected chi connectivity index (χ3v) is 3.65. The zero-order valence-corrected chi connectivity index (χ0v) is 12.3. The van der Waals surface area contributed by atoms with Crippen molar-refractivity contribution >= 4 is 24.0 Å². The fraction of sp³-hybridized carbons (Fsp3) is 0.750. The summed E-state index contributed by atoms with van der Waals surface area (Å²) < 4.78 is 3.10. The molecule has 16 heavy (non-hydrogen) atoms. The first-order valence-electron chi connectivity index (χ1n) is 5.74. The molecule has 1 aromatic rings. The van der Waals surface area contributed by atoms with Crippen molar-refractivity contribution in [2.45, 2.75) is 45.6 Å². The van der Waals surface area contributed by atoms with Crippen LogP contribution in [-0.4, -0.2) is 21.6 Å². The Morgan fingerprint density at radius 2 is 2.06 bits per heavy atom. The van der Waals surface area contributed by atoms with Gasteiger partial charge >= 0.3 is 0 Å². The summed E-state index contributed by atoms with van der Waals surface area (Å²) in [6.45, 7) is 7.71. The predicted molar refractivity (Wildman–Crippen MR) is 75.9 cm³/mol. The van der Waals surface area contributed by atoms with Gasteiger partial charge in [0.25, 0.3) is 0 Å². The molecule has 0 aliphatic carbocycles. The first-order chi connectivity index (χ1) is 7.46. The quantitative estimate of drug-likeness (QED) is 0.637. The van der Waals surface area contributed by atoms with Gasteiger partial charge in [-0.25, -0.2) is 0 Å². The molecule has 0 amide bonds. The smallest absolute Gasteiger partial charge is 0.177 e. The van der Waals surface area contributed by atoms with E-state index in [-0.39, 0.29) is 5.41 Å². The highest BCUT2D eigenvalue weighted by Gasteiger charge is 2.18. The molecule has 0 bridgehead atoms. The van der Waals surface area contributed by atoms with Crippen LogP contribution in [0.4, 0.5) is 0 Å². The van der Waals surface area contributed by atoms with E-state index in [1.165, 1.54) is 24.3 Å². The highest BCUT2D eigenvalue weighted by atomic mass is 32.2. The summed E-state index contributed by atoms with van der Waals surface area (Å²) in [4.78, 5) is 3.16. The normalized spacial score (nSPS) is 12.0. The Bertz CT molecular complexity index is 371. The Hall–Kier alpha value is -0.220. The minimum atomic E-state index is 0.160. The van der Waals surface area contributed by atoms with Crippen molar-refractivity contribution in [3.05, 3.63) is 16.7 Å². The topological polar surface area (TPSA) is 20.7 Å². The molecule has 0 fully saturated rings. The molecule has 92 valence electrons. The van der Waals surface area contributed by atoms with Crippen molar-refractivity contribution in [1.82, 2.24) is 9.55 Å². The minimum Gasteiger partial charge on any atom is -0.337 e. The molecule has 2 nitrogen and oxygen atoms in total. The Kier molecular flexibility index (Phi) is 5.12. The van der Waals surface area contributed by atoms with Gasteiger partial charge in [0.2, 0.25) is 0 Å². The van der Waals surface area contributed by atoms with E-state index in [0.717, 1.165) is 11.3 Å². The molecule has 0 atom stereocenters. The van der Waals surface area contributed by atoms with Crippen LogP contribution in [0, 0.1) is 4.77 Å². The molecule has 4 heteroatoms. The number of rotatable bonds is 5. The minimum absolute atomic E-state index is 0.160. The first-order valence-corrected chi connectivity index (χ1v) is 7.54. The number of thioether (sulfide) groups is 1. The van der Waals surface area contributed by atoms with Crippen molar-refractivity contribution in [2.75, 3.05) is 12.0 Å². The summed E-state index contributed by atoms with van der Waals surface area (Å²) in [5.41, 5.74) is 1.47. The second-order valence-corrected chi connectivity index (χ2v) is 6.45. The molecule has 1 N–H and O–H groups in total. The Morgan fingerprint density at radius 3 is 2.62 bits per heavy atom. The second-order valence-electron chi connectivity index (χ2n) is 5.08. The van der Waals surface area contributed by atoms with Crippen molar-refractivity contribution in [3.8, 4) is 0 Å². The summed E-state index contributed by atoms with van der Waals surface area (Å²) in [6.07, 6.45) is 6.67. The van der Waals surface area contributed by atoms with Gasteiger partial charge in [0.15, 0.2) is 4.77 Å². The Labute approximate surface area is 108 Å². The van der Waals surface area contributed by atoms with Gasteiger partial charge in [-0.1, -0.05) is 20.8 Å². The number of hydrogen-bond donors (Lipinski definition) is 1. The molecule has 0 aliphatic rings. The summed E-state index contributed by atoms with van der Waals surface area (Å²) in [6, 6.07) is 0. The third-order valence-electron chi connectivity index (χ3n) is 2.62. The summed E-state index contributed by atoms with van der Waals surface area (Å²) in [5.74, 6) is 1.24. The van der Waals surface area contributed by atoms with Crippen molar-refractivity contribution in [1.29, 1.82) is 0 Å². The number of aromatic amines is 1. The number of nitrogens with zero attached hydrogens (tertiary/aromatic N) is 1. The van der Waals surface area contributed by atoms with E-state index in [1.54, 1.807) is 0 Å². The van der Waals surface area contributed by atoms with E-state index in [1.807, 2.05) is 11.8 Å². The van der Waals surface area contributed by atoms with Crippen LogP contribution in [-0.2, 0) is 12.0 Å². The maximum Gasteiger partial charge on any atom is 0.177 e. The van der Waals surface area contributed by atoms with Crippen LogP contribution < -0.4 is 0 Å². The number of H-pyrrole nitrogens is 1. The van der Waals surface area contributed by atoms with Crippen molar-refractivity contribution in [3.63, 3.8) is 0 Å². The van der Waals surface area contributed by atoms with Crippen LogP contribution in [0.15, 0.2) is 6.20 Å². The number of imidazole rings is 1. The molecule has 0 aromatic carbocycles. The molecule has 0 saturated carbocycles. The lowest BCUT2D eigenvalue weighted by atomic mass is 9.92. The van der Waals surface area contributed by atoms with E-state index < -0.39 is 0 Å². The van der Waals surface area contributed by atoms with E-state index in [4.69, 9.17) is 12.2 Å². The Balaban J connectivity index is 2.71. The van der Waals surface area contributed by atoms with E-state index in [0.29, 0.717) is 0 Å². The van der Waals surface area contributed by atoms with Gasteiger partial charge in [-0.05, 0) is 37.1 Å². The summed E-state index contributed by atoms with van der Waals surface area (Å²) in [5, 5.41) is 0. The molecule has 0 spiro atoms. The fourth-order valence-corrected chi connectivity index (χ4v) is 2.50. The number of hydrogen-bond acceptors (Lipinski definition) is 2. The highest BCUT2D eigenvalue weighted by molar-refractivity contribution is 7.98. The third kappa shape index (κ3) is 3.67. The molecule has 0 unspecified atom stereocenters. The monoisotopic (exact) mass is 258 g/mol. The van der Waals surface area contributed by atoms with Crippen LogP contribution in [0.25, 0.3) is 0 Å². The molecule has 0 radical (unpaired) electrons. The van der Waals surface area contributed by atoms with Crippen LogP contribution in [0.1, 0.15) is 39.3 Å². The van der Waals surface area contributed by atoms with Crippen LogP contribution in [0.2, 0.25) is 0 Å². The average Bonchev–Trinajstić information content (AvgIpc) is 2.54. The van der Waals surface area contributed by atoms with Gasteiger partial charge in [-0.3, -0.25) is 0 Å². The van der Waals surface area contributed by atoms with Gasteiger partial charge in [0.05, 0.1) is 0 Å². The summed E-state index contributed by atoms with van der Waals surface area (Å²) >= 11 is 7.23. The van der Waals surface area contributed by atoms with Crippen molar-refractivity contribution in [2.24, 2.45) is 0 Å². The molecule has 1 aromatic heterocycles. The van der Waals surface area contributed by atoms with Crippen LogP contribution in [0.3, 0.4) is 0 Å². The van der Waals surface area contributed by atoms with Gasteiger partial charge in [0.1, 0.15) is 0 Å². The van der Waals surface area contributed by atoms with Crippen LogP contribution >= 0.6 is 24.0 Å². The van der Waals surface area contributed by atoms with E-state index in [2.05, 4.69) is 42.8 Å². The SMILES string of the molecule is CSCCCCn1c(C(C)(C)C)c[nH]c1=S. The van der Waals surface area contributed by atoms with E-state index in [9.17, 15) is 0 Å². The molecule has 0 saturated heterocycles. The molecular formula is C12H22N2S2. The number of aromatic nitrogens is 2.